The van der Waals surface area contributed by atoms with Crippen LogP contribution >= 0.6 is 0 Å². The zero-order chi connectivity index (χ0) is 22.5. The van der Waals surface area contributed by atoms with Gasteiger partial charge in [0.05, 0.1) is 5.69 Å². The van der Waals surface area contributed by atoms with Gasteiger partial charge in [0.1, 0.15) is 17.8 Å². The number of alkyl halides is 3. The smallest absolute Gasteiger partial charge is 0.372 e. The molecular formula is C18H17F3N8O. The van der Waals surface area contributed by atoms with Gasteiger partial charge in [-0.15, -0.1) is 10.2 Å². The fourth-order valence-corrected chi connectivity index (χ4v) is 2.57. The van der Waals surface area contributed by atoms with Crippen molar-refractivity contribution in [3.8, 4) is 12.1 Å². The normalized spacial score (nSPS) is 11.2. The third kappa shape index (κ3) is 4.72. The minimum Gasteiger partial charge on any atom is -0.372 e. The lowest BCUT2D eigenvalue weighted by Crippen LogP contribution is -2.30. The third-order valence-electron chi connectivity index (χ3n) is 4.14. The number of anilines is 2. The first kappa shape index (κ1) is 22.4. The number of amides is 1. The summed E-state index contributed by atoms with van der Waals surface area (Å²) in [6.07, 6.45) is -5.08. The molecule has 1 aromatic heterocycles. The van der Waals surface area contributed by atoms with Gasteiger partial charge in [-0.25, -0.2) is 0 Å². The zero-order valence-corrected chi connectivity index (χ0v) is 16.3. The quantitative estimate of drug-likeness (QED) is 0.712. The van der Waals surface area contributed by atoms with Crippen LogP contribution in [0.1, 0.15) is 25.2 Å². The Morgan fingerprint density at radius 1 is 1.23 bits per heavy atom. The van der Waals surface area contributed by atoms with Gasteiger partial charge < -0.3 is 14.8 Å². The van der Waals surface area contributed by atoms with Crippen LogP contribution in [0.25, 0.3) is 0 Å². The zero-order valence-electron chi connectivity index (χ0n) is 16.3. The number of nitrogens with zero attached hydrogens (tertiary/aromatic N) is 7. The number of halogens is 3. The van der Waals surface area contributed by atoms with Crippen molar-refractivity contribution < 1.29 is 18.0 Å². The highest BCUT2D eigenvalue weighted by Crippen LogP contribution is 2.33. The van der Waals surface area contributed by atoms with Crippen molar-refractivity contribution in [1.29, 1.82) is 10.5 Å². The van der Waals surface area contributed by atoms with Crippen LogP contribution in [0, 0.1) is 22.7 Å². The number of carbonyl (C=O) groups is 1. The number of nitrogens with one attached hydrogen (secondary N) is 1. The SMILES string of the molecule is CCN(CC)c1ccc(N=Nc2nc(C#N)c(C#N)n2C)c(NC(=O)C(F)(F)F)c1. The first-order chi connectivity index (χ1) is 14.2. The van der Waals surface area contributed by atoms with Crippen LogP contribution in [0.2, 0.25) is 0 Å². The number of hydrogen-bond donors (Lipinski definition) is 1. The van der Waals surface area contributed by atoms with E-state index in [0.29, 0.717) is 18.8 Å². The van der Waals surface area contributed by atoms with E-state index >= 15 is 0 Å². The van der Waals surface area contributed by atoms with E-state index in [2.05, 4.69) is 15.2 Å². The van der Waals surface area contributed by atoms with E-state index in [1.54, 1.807) is 12.1 Å². The van der Waals surface area contributed by atoms with Crippen LogP contribution < -0.4 is 10.2 Å². The lowest BCUT2D eigenvalue weighted by molar-refractivity contribution is -0.167. The molecule has 156 valence electrons. The first-order valence-corrected chi connectivity index (χ1v) is 8.72. The summed E-state index contributed by atoms with van der Waals surface area (Å²) in [6, 6.07) is 7.96. The van der Waals surface area contributed by atoms with Crippen LogP contribution in [0.5, 0.6) is 0 Å². The molecule has 2 aromatic rings. The van der Waals surface area contributed by atoms with Crippen LogP contribution in [0.4, 0.5) is 36.2 Å². The van der Waals surface area contributed by atoms with Gasteiger partial charge in [-0.1, -0.05) is 0 Å². The minimum absolute atomic E-state index is 0.0334. The molecule has 12 heteroatoms. The number of azo groups is 1. The maximum absolute atomic E-state index is 12.7. The maximum atomic E-state index is 12.7. The van der Waals surface area contributed by atoms with Crippen molar-refractivity contribution in [1.82, 2.24) is 9.55 Å². The van der Waals surface area contributed by atoms with Crippen molar-refractivity contribution in [2.75, 3.05) is 23.3 Å². The largest absolute Gasteiger partial charge is 0.471 e. The molecule has 0 unspecified atom stereocenters. The van der Waals surface area contributed by atoms with Gasteiger partial charge in [-0.05, 0) is 32.0 Å². The van der Waals surface area contributed by atoms with E-state index in [9.17, 15) is 18.0 Å². The summed E-state index contributed by atoms with van der Waals surface area (Å²) < 4.78 is 39.4. The van der Waals surface area contributed by atoms with Crippen LogP contribution in [-0.2, 0) is 11.8 Å². The van der Waals surface area contributed by atoms with Gasteiger partial charge in [-0.3, -0.25) is 4.79 Å². The average molecular weight is 418 g/mol. The van der Waals surface area contributed by atoms with Crippen LogP contribution in [0.15, 0.2) is 28.4 Å². The molecule has 1 amide bonds. The molecule has 30 heavy (non-hydrogen) atoms. The number of aromatic nitrogens is 2. The summed E-state index contributed by atoms with van der Waals surface area (Å²) in [5, 5.41) is 27.6. The molecule has 0 saturated carbocycles. The lowest BCUT2D eigenvalue weighted by atomic mass is 10.2. The second-order valence-electron chi connectivity index (χ2n) is 5.92. The van der Waals surface area contributed by atoms with E-state index in [1.807, 2.05) is 30.1 Å². The molecule has 0 atom stereocenters. The van der Waals surface area contributed by atoms with Crippen molar-refractivity contribution in [3.63, 3.8) is 0 Å². The summed E-state index contributed by atoms with van der Waals surface area (Å²) in [5.41, 5.74) is 0.154. The van der Waals surface area contributed by atoms with Crippen molar-refractivity contribution in [2.24, 2.45) is 17.3 Å². The van der Waals surface area contributed by atoms with Crippen molar-refractivity contribution in [3.05, 3.63) is 29.6 Å². The van der Waals surface area contributed by atoms with Gasteiger partial charge >= 0.3 is 12.1 Å². The molecule has 1 N–H and O–H groups in total. The fraction of sp³-hybridized carbons (Fsp3) is 0.333. The Hall–Kier alpha value is -3.93. The Kier molecular flexibility index (Phi) is 6.74. The highest BCUT2D eigenvalue weighted by atomic mass is 19.4. The molecule has 0 aliphatic heterocycles. The molecule has 0 aliphatic carbocycles. The van der Waals surface area contributed by atoms with Gasteiger partial charge in [-0.2, -0.15) is 28.7 Å². The Morgan fingerprint density at radius 3 is 2.40 bits per heavy atom. The van der Waals surface area contributed by atoms with Crippen molar-refractivity contribution >= 4 is 28.9 Å². The van der Waals surface area contributed by atoms with E-state index in [0.717, 1.165) is 0 Å². The van der Waals surface area contributed by atoms with Gasteiger partial charge in [0, 0.05) is 25.8 Å². The molecule has 0 radical (unpaired) electrons. The maximum Gasteiger partial charge on any atom is 0.471 e. The van der Waals surface area contributed by atoms with Crippen LogP contribution in [0.3, 0.4) is 0 Å². The number of hydrogen-bond acceptors (Lipinski definition) is 7. The fourth-order valence-electron chi connectivity index (χ4n) is 2.57. The Labute approximate surface area is 170 Å². The van der Waals surface area contributed by atoms with E-state index < -0.39 is 12.1 Å². The predicted octanol–water partition coefficient (Wildman–Crippen LogP) is 3.93. The molecule has 0 fully saturated rings. The number of carbonyl (C=O) groups excluding carboxylic acids is 1. The van der Waals surface area contributed by atoms with Crippen LogP contribution in [-0.4, -0.2) is 34.7 Å². The highest BCUT2D eigenvalue weighted by molar-refractivity contribution is 5.97. The molecule has 1 aromatic carbocycles. The molecule has 9 nitrogen and oxygen atoms in total. The molecule has 0 bridgehead atoms. The topological polar surface area (TPSA) is 122 Å². The van der Waals surface area contributed by atoms with E-state index in [4.69, 9.17) is 10.5 Å². The van der Waals surface area contributed by atoms with Gasteiger partial charge in [0.15, 0.2) is 11.4 Å². The highest BCUT2D eigenvalue weighted by Gasteiger charge is 2.39. The molecule has 1 heterocycles. The molecule has 0 aliphatic rings. The number of nitriles is 2. The van der Waals surface area contributed by atoms with E-state index in [-0.39, 0.29) is 28.7 Å². The summed E-state index contributed by atoms with van der Waals surface area (Å²) in [6.45, 7) is 4.97. The number of benzene rings is 1. The average Bonchev–Trinajstić information content (AvgIpc) is 3.02. The summed E-state index contributed by atoms with van der Waals surface area (Å²) >= 11 is 0. The summed E-state index contributed by atoms with van der Waals surface area (Å²) in [5.74, 6) is -2.24. The predicted molar refractivity (Wildman–Crippen MR) is 102 cm³/mol. The van der Waals surface area contributed by atoms with Gasteiger partial charge in [0.2, 0.25) is 0 Å². The molecule has 2 rings (SSSR count). The lowest BCUT2D eigenvalue weighted by Gasteiger charge is -2.22. The number of rotatable bonds is 6. The molecule has 0 spiro atoms. The van der Waals surface area contributed by atoms with Gasteiger partial charge in [0.25, 0.3) is 5.95 Å². The second kappa shape index (κ2) is 9.05. The summed E-state index contributed by atoms with van der Waals surface area (Å²) in [4.78, 5) is 17.2. The Bertz CT molecular complexity index is 1060. The third-order valence-corrected chi connectivity index (χ3v) is 4.14. The first-order valence-electron chi connectivity index (χ1n) is 8.72. The number of imidazole rings is 1. The molecule has 0 saturated heterocycles. The standard InChI is InChI=1S/C18H17F3N8O/c1-4-29(5-2)11-6-7-12(13(8-11)24-16(30)18(19,20)21)26-27-17-25-14(9-22)15(10-23)28(17)3/h6-8H,4-5H2,1-3H3,(H,24,30). The monoisotopic (exact) mass is 418 g/mol. The van der Waals surface area contributed by atoms with Crippen molar-refractivity contribution in [2.45, 2.75) is 20.0 Å². The Balaban J connectivity index is 2.50. The minimum atomic E-state index is -5.08. The van der Waals surface area contributed by atoms with E-state index in [1.165, 1.54) is 23.7 Å². The molecular weight excluding hydrogens is 401 g/mol. The Morgan fingerprint density at radius 2 is 1.90 bits per heavy atom. The second-order valence-corrected chi connectivity index (χ2v) is 5.92. The summed E-state index contributed by atoms with van der Waals surface area (Å²) in [7, 11) is 1.44.